The minimum absolute atomic E-state index is 0.00329. The Kier molecular flexibility index (Phi) is 13.4. The van der Waals surface area contributed by atoms with Gasteiger partial charge in [0.15, 0.2) is 0 Å². The second-order valence-corrected chi connectivity index (χ2v) is 9.79. The molecular weight excluding hydrogens is 561 g/mol. The summed E-state index contributed by atoms with van der Waals surface area (Å²) in [5, 5.41) is 26.4. The van der Waals surface area contributed by atoms with Crippen molar-refractivity contribution in [3.8, 4) is 0 Å². The van der Waals surface area contributed by atoms with E-state index >= 15 is 0 Å². The van der Waals surface area contributed by atoms with Crippen LogP contribution in [0.4, 0.5) is 9.59 Å². The van der Waals surface area contributed by atoms with Gasteiger partial charge in [-0.2, -0.15) is 0 Å². The number of nitrogens with two attached hydrogens (primary N) is 1. The number of rotatable bonds is 12. The molecule has 3 rings (SSSR count). The number of ether oxygens (including phenoxy) is 2. The largest absolute Gasteiger partial charge is 0.481 e. The number of amides is 3. The standard InChI is InChI=1S/C28H36BN5O9/c30-22(25(37)32-23-14-13-21(16-24(35)36)43-29(23)40)12-7-15-31-26(33-27(38)41-17-19-8-3-1-4-9-19)34-28(39)42-18-20-10-5-2-6-11-20/h1-6,8-11,21-23,40H,7,12-18,30H2,(H,32,37)(H,35,36)(H2,31,33,34,38,39). The first-order chi connectivity index (χ1) is 20.7. The maximum Gasteiger partial charge on any atom is 0.478 e. The highest BCUT2D eigenvalue weighted by molar-refractivity contribution is 6.45. The SMILES string of the molecule is NC(CCCN=C(NC(=O)OCc1ccccc1)NC(=O)OCc1ccccc1)C(=O)NC1CCC(CC(=O)O)OB1O. The van der Waals surface area contributed by atoms with Crippen LogP contribution in [-0.4, -0.2) is 71.9 Å². The van der Waals surface area contributed by atoms with E-state index in [4.69, 9.17) is 25.0 Å². The molecule has 1 heterocycles. The molecule has 3 unspecified atom stereocenters. The molecule has 0 saturated carbocycles. The zero-order valence-electron chi connectivity index (χ0n) is 23.5. The van der Waals surface area contributed by atoms with Crippen LogP contribution in [0.25, 0.3) is 0 Å². The van der Waals surface area contributed by atoms with E-state index in [1.54, 1.807) is 24.3 Å². The van der Waals surface area contributed by atoms with E-state index in [9.17, 15) is 24.2 Å². The molecule has 0 aromatic heterocycles. The second kappa shape index (κ2) is 17.5. The van der Waals surface area contributed by atoms with Crippen molar-refractivity contribution in [2.24, 2.45) is 10.7 Å². The monoisotopic (exact) mass is 597 g/mol. The lowest BCUT2D eigenvalue weighted by Gasteiger charge is -2.31. The van der Waals surface area contributed by atoms with Gasteiger partial charge in [0, 0.05) is 6.54 Å². The molecule has 1 fully saturated rings. The van der Waals surface area contributed by atoms with Crippen LogP contribution in [-0.2, 0) is 36.9 Å². The third kappa shape index (κ3) is 12.5. The molecule has 14 nitrogen and oxygen atoms in total. The first-order valence-electron chi connectivity index (χ1n) is 13.8. The number of benzene rings is 2. The van der Waals surface area contributed by atoms with Gasteiger partial charge in [0.25, 0.3) is 0 Å². The van der Waals surface area contributed by atoms with E-state index in [0.29, 0.717) is 19.3 Å². The van der Waals surface area contributed by atoms with Crippen LogP contribution in [0.1, 0.15) is 43.2 Å². The van der Waals surface area contributed by atoms with Gasteiger partial charge in [-0.3, -0.25) is 25.2 Å². The average molecular weight is 597 g/mol. The Morgan fingerprint density at radius 3 is 2.02 bits per heavy atom. The molecule has 0 aliphatic carbocycles. The lowest BCUT2D eigenvalue weighted by atomic mass is 9.72. The number of nitrogens with one attached hydrogen (secondary N) is 3. The Bertz CT molecular complexity index is 1180. The molecule has 2 aromatic rings. The van der Waals surface area contributed by atoms with Crippen LogP contribution < -0.4 is 21.7 Å². The van der Waals surface area contributed by atoms with Crippen molar-refractivity contribution in [3.05, 3.63) is 71.8 Å². The minimum atomic E-state index is -1.35. The van der Waals surface area contributed by atoms with E-state index in [2.05, 4.69) is 20.9 Å². The van der Waals surface area contributed by atoms with E-state index in [-0.39, 0.29) is 38.6 Å². The van der Waals surface area contributed by atoms with Gasteiger partial charge < -0.3 is 35.3 Å². The van der Waals surface area contributed by atoms with Crippen molar-refractivity contribution in [2.45, 2.75) is 63.4 Å². The summed E-state index contributed by atoms with van der Waals surface area (Å²) in [6, 6.07) is 17.1. The van der Waals surface area contributed by atoms with E-state index in [1.165, 1.54) is 0 Å². The Labute approximate surface area is 249 Å². The average Bonchev–Trinajstić information content (AvgIpc) is 2.99. The molecule has 3 amide bonds. The Hall–Kier alpha value is -4.47. The molecule has 1 saturated heterocycles. The van der Waals surface area contributed by atoms with Gasteiger partial charge in [0.2, 0.25) is 11.9 Å². The van der Waals surface area contributed by atoms with Crippen LogP contribution >= 0.6 is 0 Å². The number of alkyl carbamates (subject to hydrolysis) is 2. The van der Waals surface area contributed by atoms with Crippen LogP contribution in [0.2, 0.25) is 0 Å². The molecule has 0 bridgehead atoms. The van der Waals surface area contributed by atoms with Crippen molar-refractivity contribution in [1.82, 2.24) is 16.0 Å². The molecule has 3 atom stereocenters. The lowest BCUT2D eigenvalue weighted by Crippen LogP contribution is -2.56. The highest BCUT2D eigenvalue weighted by Gasteiger charge is 2.37. The number of hydrogen-bond donors (Lipinski definition) is 6. The number of aliphatic carboxylic acids is 1. The number of nitrogens with zero attached hydrogens (tertiary/aromatic N) is 1. The smallest absolute Gasteiger partial charge is 0.478 e. The molecule has 1 aliphatic heterocycles. The van der Waals surface area contributed by atoms with Gasteiger partial charge in [-0.15, -0.1) is 0 Å². The molecular formula is C28H36BN5O9. The summed E-state index contributed by atoms with van der Waals surface area (Å²) in [4.78, 5) is 52.3. The minimum Gasteiger partial charge on any atom is -0.481 e. The quantitative estimate of drug-likeness (QED) is 0.0897. The third-order valence-corrected chi connectivity index (χ3v) is 6.35. The molecule has 1 aliphatic rings. The summed E-state index contributed by atoms with van der Waals surface area (Å²) in [6.45, 7) is 0.0902. The van der Waals surface area contributed by atoms with Gasteiger partial charge in [-0.25, -0.2) is 9.59 Å². The predicted molar refractivity (Wildman–Crippen MR) is 155 cm³/mol. The molecule has 43 heavy (non-hydrogen) atoms. The van der Waals surface area contributed by atoms with Gasteiger partial charge >= 0.3 is 25.3 Å². The Balaban J connectivity index is 1.48. The number of aliphatic imine (C=N–C) groups is 1. The first-order valence-corrected chi connectivity index (χ1v) is 13.8. The van der Waals surface area contributed by atoms with Gasteiger partial charge in [0.1, 0.15) is 13.2 Å². The number of carbonyl (C=O) groups is 4. The van der Waals surface area contributed by atoms with Crippen molar-refractivity contribution in [3.63, 3.8) is 0 Å². The summed E-state index contributed by atoms with van der Waals surface area (Å²) in [5.41, 5.74) is 7.54. The Morgan fingerprint density at radius 1 is 0.953 bits per heavy atom. The molecule has 0 radical (unpaired) electrons. The van der Waals surface area contributed by atoms with Crippen LogP contribution in [0.5, 0.6) is 0 Å². The fourth-order valence-corrected chi connectivity index (χ4v) is 4.10. The fraction of sp³-hybridized carbons (Fsp3) is 0.393. The lowest BCUT2D eigenvalue weighted by molar-refractivity contribution is -0.139. The van der Waals surface area contributed by atoms with Crippen LogP contribution in [0.3, 0.4) is 0 Å². The van der Waals surface area contributed by atoms with E-state index < -0.39 is 49.3 Å². The maximum atomic E-state index is 12.5. The van der Waals surface area contributed by atoms with Crippen molar-refractivity contribution < 1.29 is 43.4 Å². The summed E-state index contributed by atoms with van der Waals surface area (Å²) >= 11 is 0. The molecule has 2 aromatic carbocycles. The molecule has 230 valence electrons. The summed E-state index contributed by atoms with van der Waals surface area (Å²) < 4.78 is 15.7. The number of carbonyl (C=O) groups excluding carboxylic acids is 3. The predicted octanol–water partition coefficient (Wildman–Crippen LogP) is 1.46. The second-order valence-electron chi connectivity index (χ2n) is 9.79. The van der Waals surface area contributed by atoms with Crippen molar-refractivity contribution in [2.75, 3.05) is 6.54 Å². The topological polar surface area (TPSA) is 211 Å². The number of carboxylic acid groups (broad SMARTS) is 1. The maximum absolute atomic E-state index is 12.5. The summed E-state index contributed by atoms with van der Waals surface area (Å²) in [5.74, 6) is -2.47. The van der Waals surface area contributed by atoms with E-state index in [0.717, 1.165) is 11.1 Å². The number of guanidine groups is 1. The normalized spacial score (nSPS) is 16.7. The van der Waals surface area contributed by atoms with Gasteiger partial charge in [-0.05, 0) is 36.8 Å². The third-order valence-electron chi connectivity index (χ3n) is 6.35. The summed E-state index contributed by atoms with van der Waals surface area (Å²) in [7, 11) is -1.35. The van der Waals surface area contributed by atoms with Gasteiger partial charge in [-0.1, -0.05) is 60.7 Å². The highest BCUT2D eigenvalue weighted by Crippen LogP contribution is 2.18. The summed E-state index contributed by atoms with van der Waals surface area (Å²) in [6.07, 6.45) is -1.35. The zero-order valence-corrected chi connectivity index (χ0v) is 23.5. The van der Waals surface area contributed by atoms with Crippen LogP contribution in [0.15, 0.2) is 65.7 Å². The Morgan fingerprint density at radius 2 is 1.51 bits per heavy atom. The number of hydrogen-bond acceptors (Lipinski definition) is 10. The number of carboxylic acids is 1. The van der Waals surface area contributed by atoms with E-state index in [1.807, 2.05) is 36.4 Å². The first kappa shape index (κ1) is 33.0. The van der Waals surface area contributed by atoms with Crippen molar-refractivity contribution >= 4 is 37.1 Å². The van der Waals surface area contributed by atoms with Crippen molar-refractivity contribution in [1.29, 1.82) is 0 Å². The van der Waals surface area contributed by atoms with Gasteiger partial charge in [0.05, 0.1) is 24.5 Å². The molecule has 7 N–H and O–H groups in total. The molecule has 0 spiro atoms. The fourth-order valence-electron chi connectivity index (χ4n) is 4.10. The molecule has 15 heteroatoms. The highest BCUT2D eigenvalue weighted by atomic mass is 16.6. The zero-order chi connectivity index (χ0) is 31.0. The van der Waals surface area contributed by atoms with Crippen LogP contribution in [0, 0.1) is 0 Å².